The summed E-state index contributed by atoms with van der Waals surface area (Å²) in [5.41, 5.74) is 0. The number of rotatable bonds is 3. The predicted octanol–water partition coefficient (Wildman–Crippen LogP) is 2.38. The van der Waals surface area contributed by atoms with Crippen molar-refractivity contribution in [3.63, 3.8) is 0 Å². The molecule has 0 aromatic heterocycles. The molecule has 1 aliphatic heterocycles. The van der Waals surface area contributed by atoms with Crippen LogP contribution in [-0.2, 0) is 9.84 Å². The van der Waals surface area contributed by atoms with E-state index in [4.69, 9.17) is 12.2 Å². The molecule has 0 saturated carbocycles. The van der Waals surface area contributed by atoms with Gasteiger partial charge >= 0.3 is 0 Å². The van der Waals surface area contributed by atoms with E-state index in [1.54, 1.807) is 6.08 Å². The maximum absolute atomic E-state index is 11.5. The number of sulfone groups is 1. The van der Waals surface area contributed by atoms with E-state index in [1.165, 1.54) is 11.8 Å². The number of hydrogen-bond acceptors (Lipinski definition) is 4. The largest absolute Gasteiger partial charge is 0.358 e. The van der Waals surface area contributed by atoms with Crippen molar-refractivity contribution in [1.82, 2.24) is 4.90 Å². The molecule has 0 spiro atoms. The Balaban J connectivity index is 2.62. The van der Waals surface area contributed by atoms with E-state index in [9.17, 15) is 8.42 Å². The monoisotopic (exact) mass is 343 g/mol. The summed E-state index contributed by atoms with van der Waals surface area (Å²) in [5.74, 6) is 0.139. The van der Waals surface area contributed by atoms with Crippen molar-refractivity contribution >= 4 is 54.1 Å². The van der Waals surface area contributed by atoms with Crippen molar-refractivity contribution in [3.8, 4) is 0 Å². The summed E-state index contributed by atoms with van der Waals surface area (Å²) < 4.78 is 24.0. The van der Waals surface area contributed by atoms with Crippen LogP contribution >= 0.6 is 39.9 Å². The zero-order valence-electron chi connectivity index (χ0n) is 9.14. The number of halogens is 1. The summed E-state index contributed by atoms with van der Waals surface area (Å²) >= 11 is 9.78. The van der Waals surface area contributed by atoms with Crippen molar-refractivity contribution in [3.05, 3.63) is 9.89 Å². The Kier molecular flexibility index (Phi) is 5.28. The second-order valence-corrected chi connectivity index (χ2v) is 8.60. The van der Waals surface area contributed by atoms with Gasteiger partial charge in [-0.05, 0) is 35.9 Å². The minimum absolute atomic E-state index is 0.0625. The van der Waals surface area contributed by atoms with Crippen LogP contribution in [0.3, 0.4) is 0 Å². The molecule has 7 heteroatoms. The van der Waals surface area contributed by atoms with Crippen LogP contribution in [-0.4, -0.2) is 41.7 Å². The SMILES string of the molecule is CCN(CC)C(=S)S[C@@H]1C=C(Br)S(=O)(=O)C1. The molecule has 0 aliphatic carbocycles. The van der Waals surface area contributed by atoms with Crippen LogP contribution in [0.4, 0.5) is 0 Å². The Morgan fingerprint density at radius 2 is 2.19 bits per heavy atom. The minimum Gasteiger partial charge on any atom is -0.358 e. The second kappa shape index (κ2) is 5.84. The van der Waals surface area contributed by atoms with Crippen molar-refractivity contribution in [2.75, 3.05) is 18.8 Å². The first kappa shape index (κ1) is 14.5. The highest BCUT2D eigenvalue weighted by Crippen LogP contribution is 2.31. The van der Waals surface area contributed by atoms with E-state index >= 15 is 0 Å². The van der Waals surface area contributed by atoms with Crippen LogP contribution in [0.15, 0.2) is 9.89 Å². The summed E-state index contributed by atoms with van der Waals surface area (Å²) in [6.45, 7) is 5.78. The Labute approximate surface area is 115 Å². The average molecular weight is 344 g/mol. The third-order valence-corrected chi connectivity index (χ3v) is 7.37. The van der Waals surface area contributed by atoms with E-state index in [2.05, 4.69) is 15.9 Å². The van der Waals surface area contributed by atoms with Crippen LogP contribution < -0.4 is 0 Å². The zero-order chi connectivity index (χ0) is 12.3. The van der Waals surface area contributed by atoms with Gasteiger partial charge in [0.25, 0.3) is 0 Å². The summed E-state index contributed by atoms with van der Waals surface area (Å²) in [6, 6.07) is 0. The van der Waals surface area contributed by atoms with Gasteiger partial charge in [0.05, 0.1) is 5.75 Å². The molecule has 0 aromatic carbocycles. The molecule has 0 radical (unpaired) electrons. The molecule has 0 saturated heterocycles. The van der Waals surface area contributed by atoms with E-state index in [1.807, 2.05) is 18.7 Å². The van der Waals surface area contributed by atoms with E-state index < -0.39 is 9.84 Å². The van der Waals surface area contributed by atoms with Gasteiger partial charge in [0.1, 0.15) is 8.13 Å². The van der Waals surface area contributed by atoms with E-state index in [0.717, 1.165) is 17.4 Å². The summed E-state index contributed by atoms with van der Waals surface area (Å²) in [5, 5.41) is -0.0625. The first-order chi connectivity index (χ1) is 7.40. The van der Waals surface area contributed by atoms with Gasteiger partial charge in [0.2, 0.25) is 0 Å². The standard InChI is InChI=1S/C9H14BrNO2S3/c1-3-11(4-2)9(14)15-7-5-8(10)16(12,13)6-7/h5,7H,3-4,6H2,1-2H3/t7-/m1/s1. The van der Waals surface area contributed by atoms with Crippen LogP contribution in [0.1, 0.15) is 13.8 Å². The number of thiocarbonyl (C=S) groups is 1. The molecule has 1 atom stereocenters. The third kappa shape index (κ3) is 3.45. The fraction of sp³-hybridized carbons (Fsp3) is 0.667. The molecular formula is C9H14BrNO2S3. The van der Waals surface area contributed by atoms with Gasteiger partial charge < -0.3 is 4.90 Å². The summed E-state index contributed by atoms with van der Waals surface area (Å²) in [6.07, 6.45) is 1.72. The molecule has 0 fully saturated rings. The summed E-state index contributed by atoms with van der Waals surface area (Å²) in [4.78, 5) is 2.05. The maximum atomic E-state index is 11.5. The smallest absolute Gasteiger partial charge is 0.186 e. The van der Waals surface area contributed by atoms with Crippen molar-refractivity contribution < 1.29 is 8.42 Å². The molecule has 0 N–H and O–H groups in total. The first-order valence-electron chi connectivity index (χ1n) is 4.96. The molecule has 0 aromatic rings. The molecule has 3 nitrogen and oxygen atoms in total. The fourth-order valence-corrected chi connectivity index (χ4v) is 5.69. The van der Waals surface area contributed by atoms with Gasteiger partial charge in [0.15, 0.2) is 9.84 Å². The van der Waals surface area contributed by atoms with Crippen LogP contribution in [0.5, 0.6) is 0 Å². The Morgan fingerprint density at radius 1 is 1.62 bits per heavy atom. The van der Waals surface area contributed by atoms with E-state index in [-0.39, 0.29) is 11.0 Å². The minimum atomic E-state index is -3.08. The van der Waals surface area contributed by atoms with Crippen LogP contribution in [0.2, 0.25) is 0 Å². The van der Waals surface area contributed by atoms with Gasteiger partial charge in [-0.1, -0.05) is 24.0 Å². The van der Waals surface area contributed by atoms with Gasteiger partial charge in [0, 0.05) is 18.3 Å². The second-order valence-electron chi connectivity index (χ2n) is 3.35. The predicted molar refractivity (Wildman–Crippen MR) is 77.7 cm³/mol. The highest BCUT2D eigenvalue weighted by atomic mass is 79.9. The molecular weight excluding hydrogens is 330 g/mol. The molecule has 16 heavy (non-hydrogen) atoms. The number of nitrogens with zero attached hydrogens (tertiary/aromatic N) is 1. The van der Waals surface area contributed by atoms with Crippen LogP contribution in [0.25, 0.3) is 0 Å². The number of hydrogen-bond donors (Lipinski definition) is 0. The Hall–Kier alpha value is 0.410. The fourth-order valence-electron chi connectivity index (χ4n) is 1.35. The quantitative estimate of drug-likeness (QED) is 0.735. The lowest BCUT2D eigenvalue weighted by molar-refractivity contribution is 0.482. The van der Waals surface area contributed by atoms with Gasteiger partial charge in [-0.3, -0.25) is 0 Å². The highest BCUT2D eigenvalue weighted by molar-refractivity contribution is 9.13. The normalized spacial score (nSPS) is 22.9. The van der Waals surface area contributed by atoms with Crippen molar-refractivity contribution in [1.29, 1.82) is 0 Å². The first-order valence-corrected chi connectivity index (χ1v) is 8.69. The lowest BCUT2D eigenvalue weighted by Crippen LogP contribution is -2.28. The number of thioether (sulfide) groups is 1. The lowest BCUT2D eigenvalue weighted by Gasteiger charge is -2.22. The third-order valence-electron chi connectivity index (χ3n) is 2.27. The van der Waals surface area contributed by atoms with E-state index in [0.29, 0.717) is 3.81 Å². The zero-order valence-corrected chi connectivity index (χ0v) is 13.2. The molecule has 0 bridgehead atoms. The average Bonchev–Trinajstić information content (AvgIpc) is 2.42. The highest BCUT2D eigenvalue weighted by Gasteiger charge is 2.30. The van der Waals surface area contributed by atoms with Gasteiger partial charge in [-0.15, -0.1) is 0 Å². The molecule has 0 amide bonds. The lowest BCUT2D eigenvalue weighted by atomic mass is 10.5. The van der Waals surface area contributed by atoms with Crippen molar-refractivity contribution in [2.45, 2.75) is 19.1 Å². The molecule has 1 aliphatic rings. The topological polar surface area (TPSA) is 37.4 Å². The maximum Gasteiger partial charge on any atom is 0.186 e. The van der Waals surface area contributed by atoms with Gasteiger partial charge in [-0.2, -0.15) is 0 Å². The molecule has 0 unspecified atom stereocenters. The molecule has 1 heterocycles. The van der Waals surface area contributed by atoms with Gasteiger partial charge in [-0.25, -0.2) is 8.42 Å². The Bertz CT molecular complexity index is 401. The molecule has 92 valence electrons. The summed E-state index contributed by atoms with van der Waals surface area (Å²) in [7, 11) is -3.08. The van der Waals surface area contributed by atoms with Crippen molar-refractivity contribution in [2.24, 2.45) is 0 Å². The molecule has 1 rings (SSSR count). The van der Waals surface area contributed by atoms with Crippen LogP contribution in [0, 0.1) is 0 Å². The Morgan fingerprint density at radius 3 is 2.56 bits per heavy atom.